The Labute approximate surface area is 101 Å². The first kappa shape index (κ1) is 12.2. The number of aliphatic hydroxyl groups is 1. The van der Waals surface area contributed by atoms with Crippen molar-refractivity contribution >= 4 is 0 Å². The number of aliphatic hydroxyl groups excluding tert-OH is 1. The van der Waals surface area contributed by atoms with Gasteiger partial charge in [-0.15, -0.1) is 0 Å². The monoisotopic (exact) mass is 237 g/mol. The molecule has 0 saturated carbocycles. The number of hydrogen-bond donors (Lipinski definition) is 3. The molecular weight excluding hydrogens is 218 g/mol. The second kappa shape index (κ2) is 5.38. The van der Waals surface area contributed by atoms with Gasteiger partial charge in [-0.2, -0.15) is 0 Å². The molecule has 17 heavy (non-hydrogen) atoms. The summed E-state index contributed by atoms with van der Waals surface area (Å²) < 4.78 is 5.50. The van der Waals surface area contributed by atoms with Gasteiger partial charge in [0.25, 0.3) is 0 Å². The quantitative estimate of drug-likeness (QED) is 0.680. The van der Waals surface area contributed by atoms with Crippen molar-refractivity contribution in [1.82, 2.24) is 5.32 Å². The fourth-order valence-electron chi connectivity index (χ4n) is 2.04. The first-order valence-electron chi connectivity index (χ1n) is 6.04. The third-order valence-electron chi connectivity index (χ3n) is 2.97. The van der Waals surface area contributed by atoms with Crippen molar-refractivity contribution in [1.29, 1.82) is 0 Å². The van der Waals surface area contributed by atoms with E-state index in [-0.39, 0.29) is 17.9 Å². The smallest absolute Gasteiger partial charge is 0.127 e. The summed E-state index contributed by atoms with van der Waals surface area (Å²) in [6.07, 6.45) is 1.52. The first-order valence-corrected chi connectivity index (χ1v) is 6.04. The van der Waals surface area contributed by atoms with E-state index in [0.29, 0.717) is 6.61 Å². The maximum atomic E-state index is 9.33. The van der Waals surface area contributed by atoms with Crippen molar-refractivity contribution in [3.63, 3.8) is 0 Å². The lowest BCUT2D eigenvalue weighted by atomic mass is 10.1. The van der Waals surface area contributed by atoms with Crippen molar-refractivity contribution in [2.75, 3.05) is 13.2 Å². The molecule has 2 atom stereocenters. The zero-order valence-corrected chi connectivity index (χ0v) is 10.0. The molecule has 2 rings (SSSR count). The highest BCUT2D eigenvalue weighted by molar-refractivity contribution is 5.44. The van der Waals surface area contributed by atoms with Crippen LogP contribution in [0.4, 0.5) is 0 Å². The topological polar surface area (TPSA) is 61.7 Å². The zero-order chi connectivity index (χ0) is 12.3. The Balaban J connectivity index is 1.85. The van der Waals surface area contributed by atoms with Crippen molar-refractivity contribution in [3.8, 4) is 11.5 Å². The van der Waals surface area contributed by atoms with Crippen LogP contribution in [0.25, 0.3) is 0 Å². The van der Waals surface area contributed by atoms with Gasteiger partial charge < -0.3 is 20.3 Å². The Morgan fingerprint density at radius 2 is 2.35 bits per heavy atom. The zero-order valence-electron chi connectivity index (χ0n) is 10.0. The minimum absolute atomic E-state index is 0.194. The molecule has 3 N–H and O–H groups in total. The molecule has 1 aromatic rings. The molecule has 0 bridgehead atoms. The number of rotatable bonds is 5. The third kappa shape index (κ3) is 3.11. The van der Waals surface area contributed by atoms with Crippen LogP contribution >= 0.6 is 0 Å². The number of phenols is 1. The predicted octanol–water partition coefficient (Wildman–Crippen LogP) is 1.58. The van der Waals surface area contributed by atoms with E-state index in [2.05, 4.69) is 5.32 Å². The van der Waals surface area contributed by atoms with Gasteiger partial charge in [0, 0.05) is 11.6 Å². The largest absolute Gasteiger partial charge is 0.508 e. The molecular formula is C13H19NO3. The number of fused-ring (bicyclic) bond motifs is 1. The molecule has 0 radical (unpaired) electrons. The number of ether oxygens (including phenoxy) is 1. The Bertz CT molecular complexity index is 379. The van der Waals surface area contributed by atoms with Gasteiger partial charge in [0.1, 0.15) is 18.1 Å². The number of hydrogen-bond acceptors (Lipinski definition) is 4. The van der Waals surface area contributed by atoms with E-state index in [1.165, 1.54) is 0 Å². The summed E-state index contributed by atoms with van der Waals surface area (Å²) in [7, 11) is 0. The van der Waals surface area contributed by atoms with Crippen LogP contribution in [0.1, 0.15) is 31.4 Å². The summed E-state index contributed by atoms with van der Waals surface area (Å²) in [4.78, 5) is 0. The fourth-order valence-corrected chi connectivity index (χ4v) is 2.04. The number of aromatic hydroxyl groups is 1. The number of phenolic OH excluding ortho intramolecular Hbond substituents is 1. The van der Waals surface area contributed by atoms with Crippen LogP contribution in [0.2, 0.25) is 0 Å². The fraction of sp³-hybridized carbons (Fsp3) is 0.538. The SMILES string of the molecule is CC(O)CCCNC1COc2cc(O)ccc21. The Morgan fingerprint density at radius 1 is 1.53 bits per heavy atom. The van der Waals surface area contributed by atoms with Gasteiger partial charge in [0.05, 0.1) is 12.1 Å². The van der Waals surface area contributed by atoms with Gasteiger partial charge in [-0.25, -0.2) is 0 Å². The molecule has 94 valence electrons. The molecule has 0 fully saturated rings. The Morgan fingerprint density at radius 3 is 3.12 bits per heavy atom. The molecule has 0 saturated heterocycles. The van der Waals surface area contributed by atoms with E-state index in [9.17, 15) is 5.11 Å². The van der Waals surface area contributed by atoms with E-state index < -0.39 is 0 Å². The van der Waals surface area contributed by atoms with Crippen molar-refractivity contribution in [3.05, 3.63) is 23.8 Å². The molecule has 1 aromatic carbocycles. The summed E-state index contributed by atoms with van der Waals surface area (Å²) in [5.41, 5.74) is 1.10. The molecule has 0 spiro atoms. The first-order chi connectivity index (χ1) is 8.16. The molecule has 4 nitrogen and oxygen atoms in total. The van der Waals surface area contributed by atoms with Crippen LogP contribution < -0.4 is 10.1 Å². The lowest BCUT2D eigenvalue weighted by molar-refractivity contribution is 0.180. The molecule has 1 aliphatic heterocycles. The summed E-state index contributed by atoms with van der Waals surface area (Å²) in [5, 5.41) is 21.9. The minimum atomic E-state index is -0.235. The minimum Gasteiger partial charge on any atom is -0.508 e. The second-order valence-corrected chi connectivity index (χ2v) is 4.53. The van der Waals surface area contributed by atoms with Gasteiger partial charge in [0.2, 0.25) is 0 Å². The highest BCUT2D eigenvalue weighted by Gasteiger charge is 2.23. The van der Waals surface area contributed by atoms with Gasteiger partial charge >= 0.3 is 0 Å². The van der Waals surface area contributed by atoms with Gasteiger partial charge in [-0.05, 0) is 38.4 Å². The average Bonchev–Trinajstić information content (AvgIpc) is 2.66. The summed E-state index contributed by atoms with van der Waals surface area (Å²) in [6, 6.07) is 5.41. The lowest BCUT2D eigenvalue weighted by Gasteiger charge is -2.12. The van der Waals surface area contributed by atoms with Crippen LogP contribution in [-0.4, -0.2) is 29.5 Å². The van der Waals surface area contributed by atoms with Gasteiger partial charge in [-0.1, -0.05) is 0 Å². The maximum Gasteiger partial charge on any atom is 0.127 e. The summed E-state index contributed by atoms with van der Waals surface area (Å²) in [6.45, 7) is 3.27. The highest BCUT2D eigenvalue weighted by atomic mass is 16.5. The number of nitrogens with one attached hydrogen (secondary N) is 1. The molecule has 0 aromatic heterocycles. The molecule has 0 aliphatic carbocycles. The highest BCUT2D eigenvalue weighted by Crippen LogP contribution is 2.34. The maximum absolute atomic E-state index is 9.33. The van der Waals surface area contributed by atoms with Gasteiger partial charge in [0.15, 0.2) is 0 Å². The summed E-state index contributed by atoms with van der Waals surface area (Å²) >= 11 is 0. The van der Waals surface area contributed by atoms with Crippen LogP contribution in [0.5, 0.6) is 11.5 Å². The van der Waals surface area contributed by atoms with E-state index in [4.69, 9.17) is 9.84 Å². The third-order valence-corrected chi connectivity index (χ3v) is 2.97. The van der Waals surface area contributed by atoms with Crippen LogP contribution in [0.3, 0.4) is 0 Å². The van der Waals surface area contributed by atoms with E-state index in [1.807, 2.05) is 6.07 Å². The Kier molecular flexibility index (Phi) is 3.86. The van der Waals surface area contributed by atoms with Crippen molar-refractivity contribution < 1.29 is 14.9 Å². The second-order valence-electron chi connectivity index (χ2n) is 4.53. The average molecular weight is 237 g/mol. The normalized spacial score (nSPS) is 19.8. The Hall–Kier alpha value is -1.26. The van der Waals surface area contributed by atoms with E-state index >= 15 is 0 Å². The van der Waals surface area contributed by atoms with Crippen LogP contribution in [0.15, 0.2) is 18.2 Å². The molecule has 0 amide bonds. The lowest BCUT2D eigenvalue weighted by Crippen LogP contribution is -2.24. The molecule has 1 heterocycles. The van der Waals surface area contributed by atoms with Crippen molar-refractivity contribution in [2.45, 2.75) is 31.9 Å². The molecule has 1 aliphatic rings. The molecule has 4 heteroatoms. The standard InChI is InChI=1S/C13H19NO3/c1-9(15)3-2-6-14-12-8-17-13-7-10(16)4-5-11(12)13/h4-5,7,9,12,14-16H,2-3,6,8H2,1H3. The van der Waals surface area contributed by atoms with Crippen LogP contribution in [0, 0.1) is 0 Å². The van der Waals surface area contributed by atoms with E-state index in [0.717, 1.165) is 30.7 Å². The predicted molar refractivity (Wildman–Crippen MR) is 65.3 cm³/mol. The summed E-state index contributed by atoms with van der Waals surface area (Å²) in [5.74, 6) is 0.997. The van der Waals surface area contributed by atoms with Gasteiger partial charge in [-0.3, -0.25) is 0 Å². The van der Waals surface area contributed by atoms with Crippen molar-refractivity contribution in [2.24, 2.45) is 0 Å². The molecule has 2 unspecified atom stereocenters. The van der Waals surface area contributed by atoms with Crippen LogP contribution in [-0.2, 0) is 0 Å². The number of benzene rings is 1. The van der Waals surface area contributed by atoms with E-state index in [1.54, 1.807) is 19.1 Å².